The molecule has 8 atom stereocenters. The highest BCUT2D eigenvalue weighted by Gasteiger charge is 2.64. The van der Waals surface area contributed by atoms with Gasteiger partial charge in [-0.15, -0.1) is 0 Å². The average Bonchev–Trinajstić information content (AvgIpc) is 3.70. The number of anilines is 1. The molecule has 0 aliphatic carbocycles. The Hall–Kier alpha value is -3.81. The first-order valence-corrected chi connectivity index (χ1v) is 15.2. The molecule has 14 nitrogen and oxygen atoms in total. The summed E-state index contributed by atoms with van der Waals surface area (Å²) in [5.74, 6) is -1.45. The van der Waals surface area contributed by atoms with Crippen LogP contribution in [0.1, 0.15) is 46.1 Å². The molecule has 3 aliphatic heterocycles. The zero-order chi connectivity index (χ0) is 34.0. The van der Waals surface area contributed by atoms with E-state index in [-0.39, 0.29) is 17.9 Å². The summed E-state index contributed by atoms with van der Waals surface area (Å²) in [6.07, 6.45) is 0.913. The lowest BCUT2D eigenvalue weighted by atomic mass is 9.83. The Morgan fingerprint density at radius 2 is 2.04 bits per heavy atom. The van der Waals surface area contributed by atoms with Gasteiger partial charge in [0.1, 0.15) is 40.7 Å². The lowest BCUT2D eigenvalue weighted by Gasteiger charge is -2.42. The van der Waals surface area contributed by atoms with Gasteiger partial charge in [0.25, 0.3) is 0 Å². The molecule has 2 fully saturated rings. The number of allylic oxidation sites excluding steroid dienone is 3. The van der Waals surface area contributed by atoms with Crippen LogP contribution in [0.2, 0.25) is 5.02 Å². The van der Waals surface area contributed by atoms with Gasteiger partial charge in [0.15, 0.2) is 5.72 Å². The number of esters is 1. The molecule has 250 valence electrons. The number of methoxy groups -OCH3 is 2. The molecule has 46 heavy (non-hydrogen) atoms. The standard InChI is InChI=1S/C31H40ClN5O9/c1-16-9-8-10-23(43-7)31(41)15-22(44-29(40)34-31)17(2)27-30(4,46-27)24(45-28(39)18(3)35-36-33)14-25(38)37(5)20-12-19(11-16)13-21(42-6)26(20)32/h8-10,12-13,17-18,22-24,27,41H,11,14-15H2,1-7H3,(H,34,40)/b10-8+,16-9+/t17-,18-,22-,23+,24-,27+,30-,31-/m0/s1. The van der Waals surface area contributed by atoms with Crippen LogP contribution >= 0.6 is 11.6 Å². The maximum atomic E-state index is 13.8. The summed E-state index contributed by atoms with van der Waals surface area (Å²) >= 11 is 6.67. The van der Waals surface area contributed by atoms with Gasteiger partial charge in [-0.1, -0.05) is 47.4 Å². The summed E-state index contributed by atoms with van der Waals surface area (Å²) in [5, 5.41) is 17.7. The van der Waals surface area contributed by atoms with Crippen LogP contribution in [0, 0.1) is 5.92 Å². The van der Waals surface area contributed by atoms with E-state index in [1.807, 2.05) is 13.0 Å². The van der Waals surface area contributed by atoms with Crippen LogP contribution in [-0.2, 0) is 35.0 Å². The van der Waals surface area contributed by atoms with E-state index >= 15 is 0 Å². The number of hydrogen-bond donors (Lipinski definition) is 2. The van der Waals surface area contributed by atoms with E-state index in [0.29, 0.717) is 17.9 Å². The minimum absolute atomic E-state index is 0.0500. The van der Waals surface area contributed by atoms with E-state index in [4.69, 9.17) is 40.8 Å². The molecule has 1 aromatic carbocycles. The molecule has 15 heteroatoms. The summed E-state index contributed by atoms with van der Waals surface area (Å²) in [4.78, 5) is 43.5. The highest BCUT2D eigenvalue weighted by molar-refractivity contribution is 6.35. The molecule has 4 rings (SSSR count). The average molecular weight is 662 g/mol. The lowest BCUT2D eigenvalue weighted by Crippen LogP contribution is -2.63. The second-order valence-electron chi connectivity index (χ2n) is 12.1. The minimum atomic E-state index is -1.82. The molecule has 0 aromatic heterocycles. The number of carbonyl (C=O) groups is 3. The number of alkyl carbamates (subject to hydrolysis) is 1. The quantitative estimate of drug-likeness (QED) is 0.152. The normalized spacial score (nSPS) is 34.0. The second-order valence-corrected chi connectivity index (χ2v) is 12.5. The molecular weight excluding hydrogens is 622 g/mol. The fraction of sp³-hybridized carbons (Fsp3) is 0.581. The Bertz CT molecular complexity index is 1480. The molecule has 2 N–H and O–H groups in total. The summed E-state index contributed by atoms with van der Waals surface area (Å²) in [5.41, 5.74) is 7.93. The maximum absolute atomic E-state index is 13.8. The van der Waals surface area contributed by atoms with Gasteiger partial charge in [0.2, 0.25) is 5.91 Å². The highest BCUT2D eigenvalue weighted by Crippen LogP contribution is 2.49. The van der Waals surface area contributed by atoms with Crippen LogP contribution in [0.3, 0.4) is 0 Å². The Morgan fingerprint density at radius 1 is 1.33 bits per heavy atom. The first kappa shape index (κ1) is 35.1. The third-order valence-electron chi connectivity index (χ3n) is 8.78. The number of ether oxygens (including phenoxy) is 5. The monoisotopic (exact) mass is 661 g/mol. The second kappa shape index (κ2) is 13.9. The van der Waals surface area contributed by atoms with Gasteiger partial charge in [-0.25, -0.2) is 4.79 Å². The molecule has 0 unspecified atom stereocenters. The van der Waals surface area contributed by atoms with Crippen LogP contribution in [-0.4, -0.2) is 86.1 Å². The van der Waals surface area contributed by atoms with Gasteiger partial charge in [-0.3, -0.25) is 14.9 Å². The van der Waals surface area contributed by atoms with Crippen molar-refractivity contribution >= 4 is 35.3 Å². The number of benzene rings is 1. The van der Waals surface area contributed by atoms with Crippen molar-refractivity contribution in [3.05, 3.63) is 57.0 Å². The largest absolute Gasteiger partial charge is 0.495 e. The van der Waals surface area contributed by atoms with Crippen LogP contribution in [0.5, 0.6) is 5.75 Å². The number of epoxide rings is 1. The maximum Gasteiger partial charge on any atom is 0.409 e. The van der Waals surface area contributed by atoms with Crippen molar-refractivity contribution in [1.82, 2.24) is 5.32 Å². The van der Waals surface area contributed by atoms with E-state index in [0.717, 1.165) is 11.1 Å². The number of carbonyl (C=O) groups excluding carboxylic acids is 3. The minimum Gasteiger partial charge on any atom is -0.495 e. The van der Waals surface area contributed by atoms with E-state index in [2.05, 4.69) is 15.3 Å². The number of hydrogen-bond acceptors (Lipinski definition) is 10. The smallest absolute Gasteiger partial charge is 0.409 e. The van der Waals surface area contributed by atoms with Crippen molar-refractivity contribution in [2.45, 2.75) is 88.7 Å². The third kappa shape index (κ3) is 7.26. The SMILES string of the molecule is COc1cc2cc(c1Cl)N(C)C(=O)C[C@H](OC(=O)[C@H](C)N=[N+]=[N-])[C@]1(C)O[C@@H]1[C@@H](C)[C@@H]1C[C@@](O)(NC(=O)O1)[C@H](OC)/C=C/C=C(\C)C2. The number of azide groups is 1. The summed E-state index contributed by atoms with van der Waals surface area (Å²) in [6, 6.07) is 2.39. The van der Waals surface area contributed by atoms with Gasteiger partial charge in [0.05, 0.1) is 25.3 Å². The van der Waals surface area contributed by atoms with Gasteiger partial charge < -0.3 is 33.7 Å². The summed E-state index contributed by atoms with van der Waals surface area (Å²) in [7, 11) is 4.45. The number of nitrogens with one attached hydrogen (secondary N) is 1. The molecule has 0 radical (unpaired) electrons. The van der Waals surface area contributed by atoms with E-state index in [1.54, 1.807) is 45.2 Å². The molecule has 2 amide bonds. The van der Waals surface area contributed by atoms with Crippen LogP contribution in [0.25, 0.3) is 10.4 Å². The van der Waals surface area contributed by atoms with E-state index in [1.165, 1.54) is 26.0 Å². The molecule has 3 heterocycles. The molecule has 0 spiro atoms. The first-order chi connectivity index (χ1) is 21.7. The van der Waals surface area contributed by atoms with Crippen LogP contribution in [0.4, 0.5) is 10.5 Å². The van der Waals surface area contributed by atoms with Crippen molar-refractivity contribution < 1.29 is 43.2 Å². The van der Waals surface area contributed by atoms with E-state index < -0.39 is 65.7 Å². The zero-order valence-electron chi connectivity index (χ0n) is 26.9. The topological polar surface area (TPSA) is 185 Å². The summed E-state index contributed by atoms with van der Waals surface area (Å²) in [6.45, 7) is 6.75. The van der Waals surface area contributed by atoms with Gasteiger partial charge >= 0.3 is 12.1 Å². The number of aliphatic hydroxyl groups is 1. The van der Waals surface area contributed by atoms with Gasteiger partial charge in [-0.05, 0) is 50.4 Å². The Balaban J connectivity index is 1.80. The van der Waals surface area contributed by atoms with Crippen molar-refractivity contribution in [2.75, 3.05) is 26.2 Å². The van der Waals surface area contributed by atoms with E-state index in [9.17, 15) is 19.5 Å². The van der Waals surface area contributed by atoms with Crippen molar-refractivity contribution in [2.24, 2.45) is 11.0 Å². The third-order valence-corrected chi connectivity index (χ3v) is 9.15. The van der Waals surface area contributed by atoms with Crippen LogP contribution < -0.4 is 15.0 Å². The number of fused-ring (bicyclic) bond motifs is 5. The first-order valence-electron chi connectivity index (χ1n) is 14.8. The predicted octanol–water partition coefficient (Wildman–Crippen LogP) is 4.37. The summed E-state index contributed by atoms with van der Waals surface area (Å²) < 4.78 is 28.6. The fourth-order valence-corrected chi connectivity index (χ4v) is 6.28. The zero-order valence-corrected chi connectivity index (χ0v) is 27.6. The number of rotatable bonds is 5. The Kier molecular flexibility index (Phi) is 10.6. The molecule has 1 aromatic rings. The number of amides is 2. The molecule has 2 saturated heterocycles. The predicted molar refractivity (Wildman–Crippen MR) is 167 cm³/mol. The number of nitrogens with zero attached hydrogens (tertiary/aromatic N) is 4. The fourth-order valence-electron chi connectivity index (χ4n) is 5.97. The Morgan fingerprint density at radius 3 is 2.70 bits per heavy atom. The highest BCUT2D eigenvalue weighted by atomic mass is 35.5. The van der Waals surface area contributed by atoms with Crippen molar-refractivity contribution in [3.63, 3.8) is 0 Å². The van der Waals surface area contributed by atoms with Crippen molar-refractivity contribution in [3.8, 4) is 5.75 Å². The Labute approximate surface area is 272 Å². The van der Waals surface area contributed by atoms with Gasteiger partial charge in [-0.2, -0.15) is 0 Å². The van der Waals surface area contributed by atoms with Crippen molar-refractivity contribution in [1.29, 1.82) is 0 Å². The van der Waals surface area contributed by atoms with Crippen LogP contribution in [0.15, 0.2) is 41.0 Å². The molecular formula is C31H40ClN5O9. The molecule has 0 saturated carbocycles. The molecule has 4 bridgehead atoms. The lowest BCUT2D eigenvalue weighted by molar-refractivity contribution is -0.154. The molecule has 3 aliphatic rings. The van der Waals surface area contributed by atoms with Gasteiger partial charge in [0, 0.05) is 31.4 Å². The number of halogens is 1.